The summed E-state index contributed by atoms with van der Waals surface area (Å²) < 4.78 is 2.81. The molecule has 116 valence electrons. The van der Waals surface area contributed by atoms with Gasteiger partial charge in [0.15, 0.2) is 0 Å². The van der Waals surface area contributed by atoms with E-state index in [4.69, 9.17) is 0 Å². The van der Waals surface area contributed by atoms with E-state index in [0.717, 1.165) is 42.9 Å². The van der Waals surface area contributed by atoms with Gasteiger partial charge in [0.25, 0.3) is 5.91 Å². The highest BCUT2D eigenvalue weighted by molar-refractivity contribution is 9.10. The lowest BCUT2D eigenvalue weighted by Crippen LogP contribution is -2.48. The summed E-state index contributed by atoms with van der Waals surface area (Å²) in [6.45, 7) is 4.26. The fourth-order valence-corrected chi connectivity index (χ4v) is 3.28. The minimum absolute atomic E-state index is 0.108. The van der Waals surface area contributed by atoms with Gasteiger partial charge in [0.05, 0.1) is 0 Å². The van der Waals surface area contributed by atoms with Gasteiger partial charge in [-0.15, -0.1) is 0 Å². The average Bonchev–Trinajstić information content (AvgIpc) is 2.87. The summed E-state index contributed by atoms with van der Waals surface area (Å²) >= 11 is 3.42. The molecule has 2 aromatic rings. The number of nitrogens with zero attached hydrogens (tertiary/aromatic N) is 4. The van der Waals surface area contributed by atoms with Crippen LogP contribution < -0.4 is 0 Å². The molecule has 0 bridgehead atoms. The first kappa shape index (κ1) is 15.2. The Hall–Kier alpha value is -1.66. The van der Waals surface area contributed by atoms with Crippen molar-refractivity contribution in [3.05, 3.63) is 52.5 Å². The maximum absolute atomic E-state index is 12.6. The van der Waals surface area contributed by atoms with Gasteiger partial charge in [-0.3, -0.25) is 14.7 Å². The minimum atomic E-state index is 0.108. The maximum Gasteiger partial charge on any atom is 0.270 e. The Morgan fingerprint density at radius 2 is 1.91 bits per heavy atom. The number of halogens is 1. The minimum Gasteiger partial charge on any atom is -0.345 e. The van der Waals surface area contributed by atoms with Crippen LogP contribution in [0.1, 0.15) is 16.1 Å². The molecule has 0 atom stereocenters. The van der Waals surface area contributed by atoms with E-state index in [1.807, 2.05) is 53.3 Å². The first-order valence-corrected chi connectivity index (χ1v) is 8.15. The number of carbonyl (C=O) groups is 1. The van der Waals surface area contributed by atoms with Crippen molar-refractivity contribution in [3.63, 3.8) is 0 Å². The van der Waals surface area contributed by atoms with Crippen LogP contribution in [0.15, 0.2) is 41.3 Å². The third kappa shape index (κ3) is 3.39. The van der Waals surface area contributed by atoms with E-state index in [0.29, 0.717) is 0 Å². The van der Waals surface area contributed by atoms with Crippen molar-refractivity contribution in [1.82, 2.24) is 19.4 Å². The molecule has 22 heavy (non-hydrogen) atoms. The second-order valence-electron chi connectivity index (χ2n) is 5.58. The Morgan fingerprint density at radius 3 is 2.50 bits per heavy atom. The van der Waals surface area contributed by atoms with Crippen molar-refractivity contribution in [2.45, 2.75) is 6.54 Å². The fraction of sp³-hybridized carbons (Fsp3) is 0.375. The van der Waals surface area contributed by atoms with E-state index >= 15 is 0 Å². The SMILES string of the molecule is Cn1cc(Br)cc1C(=O)N1CCN(Cc2ccncc2)CC1. The molecule has 1 fully saturated rings. The van der Waals surface area contributed by atoms with Crippen LogP contribution >= 0.6 is 15.9 Å². The first-order valence-electron chi connectivity index (χ1n) is 7.36. The van der Waals surface area contributed by atoms with Crippen molar-refractivity contribution in [2.24, 2.45) is 7.05 Å². The molecule has 0 saturated carbocycles. The van der Waals surface area contributed by atoms with Crippen molar-refractivity contribution in [2.75, 3.05) is 26.2 Å². The zero-order valence-corrected chi connectivity index (χ0v) is 14.2. The van der Waals surface area contributed by atoms with Crippen molar-refractivity contribution in [3.8, 4) is 0 Å². The maximum atomic E-state index is 12.6. The lowest BCUT2D eigenvalue weighted by atomic mass is 10.2. The number of pyridine rings is 1. The van der Waals surface area contributed by atoms with Gasteiger partial charge in [0.1, 0.15) is 5.69 Å². The van der Waals surface area contributed by atoms with E-state index < -0.39 is 0 Å². The van der Waals surface area contributed by atoms with Crippen LogP contribution in [0.4, 0.5) is 0 Å². The van der Waals surface area contributed by atoms with Gasteiger partial charge in [-0.05, 0) is 39.7 Å². The number of aromatic nitrogens is 2. The fourth-order valence-electron chi connectivity index (χ4n) is 2.75. The summed E-state index contributed by atoms with van der Waals surface area (Å²) in [6.07, 6.45) is 5.55. The Balaban J connectivity index is 1.57. The second-order valence-corrected chi connectivity index (χ2v) is 6.49. The smallest absolute Gasteiger partial charge is 0.270 e. The molecular formula is C16H19BrN4O. The Bertz CT molecular complexity index is 647. The molecule has 1 amide bonds. The number of rotatable bonds is 3. The molecule has 1 saturated heterocycles. The number of hydrogen-bond donors (Lipinski definition) is 0. The van der Waals surface area contributed by atoms with Gasteiger partial charge >= 0.3 is 0 Å². The average molecular weight is 363 g/mol. The van der Waals surface area contributed by atoms with E-state index in [2.05, 4.69) is 25.8 Å². The predicted octanol–water partition coefficient (Wildman–Crippen LogP) is 2.14. The molecule has 3 rings (SSSR count). The molecule has 6 heteroatoms. The molecule has 2 aromatic heterocycles. The number of carbonyl (C=O) groups excluding carboxylic acids is 1. The van der Waals surface area contributed by atoms with Gasteiger partial charge in [-0.2, -0.15) is 0 Å². The van der Waals surface area contributed by atoms with Crippen LogP contribution in [0.2, 0.25) is 0 Å². The van der Waals surface area contributed by atoms with Crippen molar-refractivity contribution >= 4 is 21.8 Å². The van der Waals surface area contributed by atoms with E-state index in [9.17, 15) is 4.79 Å². The van der Waals surface area contributed by atoms with E-state index in [-0.39, 0.29) is 5.91 Å². The van der Waals surface area contributed by atoms with Crippen LogP contribution in [0, 0.1) is 0 Å². The highest BCUT2D eigenvalue weighted by Crippen LogP contribution is 2.17. The number of hydrogen-bond acceptors (Lipinski definition) is 3. The number of aryl methyl sites for hydroxylation is 1. The zero-order valence-electron chi connectivity index (χ0n) is 12.6. The highest BCUT2D eigenvalue weighted by Gasteiger charge is 2.23. The quantitative estimate of drug-likeness (QED) is 0.839. The standard InChI is InChI=1S/C16H19BrN4O/c1-19-12-14(17)10-15(19)16(22)21-8-6-20(7-9-21)11-13-2-4-18-5-3-13/h2-5,10,12H,6-9,11H2,1H3. The Morgan fingerprint density at radius 1 is 1.23 bits per heavy atom. The lowest BCUT2D eigenvalue weighted by Gasteiger charge is -2.34. The largest absolute Gasteiger partial charge is 0.345 e. The summed E-state index contributed by atoms with van der Waals surface area (Å²) in [6, 6.07) is 5.96. The molecule has 0 unspecified atom stereocenters. The zero-order chi connectivity index (χ0) is 15.5. The van der Waals surface area contributed by atoms with E-state index in [1.54, 1.807) is 0 Å². The Kier molecular flexibility index (Phi) is 4.59. The molecule has 0 N–H and O–H groups in total. The van der Waals surface area contributed by atoms with Gasteiger partial charge in [0.2, 0.25) is 0 Å². The number of piperazine rings is 1. The van der Waals surface area contributed by atoms with Gasteiger partial charge in [-0.1, -0.05) is 0 Å². The highest BCUT2D eigenvalue weighted by atomic mass is 79.9. The molecule has 1 aliphatic rings. The normalized spacial score (nSPS) is 16.0. The summed E-state index contributed by atoms with van der Waals surface area (Å²) in [5.74, 6) is 0.108. The molecular weight excluding hydrogens is 344 g/mol. The molecule has 0 radical (unpaired) electrons. The summed E-state index contributed by atoms with van der Waals surface area (Å²) in [7, 11) is 1.90. The molecule has 0 aromatic carbocycles. The third-order valence-corrected chi connectivity index (χ3v) is 4.44. The molecule has 0 aliphatic carbocycles. The van der Waals surface area contributed by atoms with Crippen LogP contribution in [-0.4, -0.2) is 51.4 Å². The van der Waals surface area contributed by atoms with Gasteiger partial charge < -0.3 is 9.47 Å². The van der Waals surface area contributed by atoms with Gasteiger partial charge in [0, 0.05) is 62.8 Å². The van der Waals surface area contributed by atoms with Crippen molar-refractivity contribution < 1.29 is 4.79 Å². The van der Waals surface area contributed by atoms with Crippen molar-refractivity contribution in [1.29, 1.82) is 0 Å². The summed E-state index contributed by atoms with van der Waals surface area (Å²) in [5.41, 5.74) is 2.00. The molecule has 0 spiro atoms. The molecule has 1 aliphatic heterocycles. The molecule has 3 heterocycles. The first-order chi connectivity index (χ1) is 10.6. The third-order valence-electron chi connectivity index (χ3n) is 4.01. The second kappa shape index (κ2) is 6.62. The van der Waals surface area contributed by atoms with Crippen LogP contribution in [0.5, 0.6) is 0 Å². The molecule has 5 nitrogen and oxygen atoms in total. The summed E-state index contributed by atoms with van der Waals surface area (Å²) in [5, 5.41) is 0. The van der Waals surface area contributed by atoms with Gasteiger partial charge in [-0.25, -0.2) is 0 Å². The van der Waals surface area contributed by atoms with Crippen LogP contribution in [0.3, 0.4) is 0 Å². The topological polar surface area (TPSA) is 41.4 Å². The van der Waals surface area contributed by atoms with E-state index in [1.165, 1.54) is 5.56 Å². The number of amides is 1. The Labute approximate surface area is 138 Å². The van der Waals surface area contributed by atoms with Crippen LogP contribution in [0.25, 0.3) is 0 Å². The summed E-state index contributed by atoms with van der Waals surface area (Å²) in [4.78, 5) is 20.9. The van der Waals surface area contributed by atoms with Crippen LogP contribution in [-0.2, 0) is 13.6 Å². The monoisotopic (exact) mass is 362 g/mol. The predicted molar refractivity (Wildman–Crippen MR) is 88.5 cm³/mol. The lowest BCUT2D eigenvalue weighted by molar-refractivity contribution is 0.0619.